The lowest BCUT2D eigenvalue weighted by Gasteiger charge is -2.36. The topological polar surface area (TPSA) is 55.5 Å². The van der Waals surface area contributed by atoms with Crippen LogP contribution in [0.15, 0.2) is 29.1 Å². The van der Waals surface area contributed by atoms with E-state index in [9.17, 15) is 4.79 Å². The van der Waals surface area contributed by atoms with Crippen molar-refractivity contribution in [2.75, 3.05) is 32.7 Å². The zero-order valence-electron chi connectivity index (χ0n) is 16.3. The van der Waals surface area contributed by atoms with Crippen LogP contribution in [0.1, 0.15) is 32.5 Å². The molecule has 0 aliphatic carbocycles. The van der Waals surface area contributed by atoms with E-state index in [-0.39, 0.29) is 5.69 Å². The van der Waals surface area contributed by atoms with Gasteiger partial charge in [-0.1, -0.05) is 12.1 Å². The fourth-order valence-electron chi connectivity index (χ4n) is 3.94. The minimum Gasteiger partial charge on any atom is -0.483 e. The molecule has 0 unspecified atom stereocenters. The first kappa shape index (κ1) is 18.3. The fraction of sp³-hybridized carbons (Fsp3) is 0.600. The number of ether oxygens (including phenoxy) is 1. The second-order valence-electron chi connectivity index (χ2n) is 7.69. The molecule has 0 radical (unpaired) electrons. The summed E-state index contributed by atoms with van der Waals surface area (Å²) in [7, 11) is 0. The Morgan fingerprint density at radius 3 is 2.59 bits per heavy atom. The number of aryl methyl sites for hydroxylation is 1. The van der Waals surface area contributed by atoms with Crippen LogP contribution in [0.2, 0.25) is 0 Å². The molecule has 7 nitrogen and oxygen atoms in total. The van der Waals surface area contributed by atoms with Crippen LogP contribution in [0.25, 0.3) is 5.69 Å². The number of unbranched alkanes of at least 4 members (excludes halogenated alkanes) is 1. The van der Waals surface area contributed by atoms with Crippen molar-refractivity contribution >= 4 is 0 Å². The van der Waals surface area contributed by atoms with Crippen LogP contribution in [0.3, 0.4) is 0 Å². The summed E-state index contributed by atoms with van der Waals surface area (Å²) in [4.78, 5) is 17.8. The van der Waals surface area contributed by atoms with Crippen LogP contribution in [-0.2, 0) is 13.2 Å². The molecule has 0 saturated carbocycles. The highest BCUT2D eigenvalue weighted by atomic mass is 16.5. The number of hydrogen-bond acceptors (Lipinski definition) is 5. The van der Waals surface area contributed by atoms with Gasteiger partial charge >= 0.3 is 5.69 Å². The van der Waals surface area contributed by atoms with Gasteiger partial charge in [-0.3, -0.25) is 4.90 Å². The van der Waals surface area contributed by atoms with Gasteiger partial charge in [0.05, 0.1) is 5.69 Å². The molecule has 3 heterocycles. The van der Waals surface area contributed by atoms with Crippen LogP contribution in [0, 0.1) is 0 Å². The van der Waals surface area contributed by atoms with Crippen molar-refractivity contribution in [2.24, 2.45) is 0 Å². The van der Waals surface area contributed by atoms with Crippen molar-refractivity contribution in [1.29, 1.82) is 0 Å². The quantitative estimate of drug-likeness (QED) is 0.724. The maximum atomic E-state index is 12.8. The average Bonchev–Trinajstić information content (AvgIpc) is 3.02. The van der Waals surface area contributed by atoms with Gasteiger partial charge in [0.15, 0.2) is 5.82 Å². The number of aromatic nitrogens is 3. The van der Waals surface area contributed by atoms with Crippen molar-refractivity contribution in [2.45, 2.75) is 45.9 Å². The van der Waals surface area contributed by atoms with Crippen LogP contribution in [0.4, 0.5) is 0 Å². The predicted octanol–water partition coefficient (Wildman–Crippen LogP) is 1.73. The molecular weight excluding hydrogens is 342 g/mol. The van der Waals surface area contributed by atoms with E-state index in [1.807, 2.05) is 24.3 Å². The largest absolute Gasteiger partial charge is 0.483 e. The lowest BCUT2D eigenvalue weighted by molar-refractivity contribution is 0.107. The summed E-state index contributed by atoms with van der Waals surface area (Å²) in [6, 6.07) is 8.27. The first-order valence-corrected chi connectivity index (χ1v) is 10.0. The minimum absolute atomic E-state index is 0.0636. The summed E-state index contributed by atoms with van der Waals surface area (Å²) in [6.45, 7) is 11.2. The van der Waals surface area contributed by atoms with Gasteiger partial charge in [0.2, 0.25) is 0 Å². The van der Waals surface area contributed by atoms with Crippen LogP contribution < -0.4 is 10.4 Å². The van der Waals surface area contributed by atoms with E-state index in [2.05, 4.69) is 28.7 Å². The number of benzene rings is 1. The second kappa shape index (κ2) is 7.86. The molecule has 2 aliphatic heterocycles. The van der Waals surface area contributed by atoms with Gasteiger partial charge in [-0.25, -0.2) is 14.0 Å². The monoisotopic (exact) mass is 371 g/mol. The Bertz CT molecular complexity index is 833. The molecule has 0 spiro atoms. The third kappa shape index (κ3) is 3.80. The normalized spacial score (nSPS) is 17.6. The van der Waals surface area contributed by atoms with E-state index in [1.165, 1.54) is 0 Å². The molecule has 0 amide bonds. The van der Waals surface area contributed by atoms with Gasteiger partial charge < -0.3 is 9.64 Å². The Labute approximate surface area is 160 Å². The van der Waals surface area contributed by atoms with Crippen LogP contribution in [-0.4, -0.2) is 62.9 Å². The number of para-hydroxylation sites is 2. The van der Waals surface area contributed by atoms with Crippen molar-refractivity contribution in [3.8, 4) is 11.4 Å². The molecule has 1 aromatic heterocycles. The number of nitrogens with zero attached hydrogens (tertiary/aromatic N) is 5. The Balaban J connectivity index is 1.31. The molecule has 1 fully saturated rings. The van der Waals surface area contributed by atoms with Gasteiger partial charge in [0.25, 0.3) is 0 Å². The molecule has 0 N–H and O–H groups in total. The summed E-state index contributed by atoms with van der Waals surface area (Å²) < 4.78 is 8.98. The summed E-state index contributed by atoms with van der Waals surface area (Å²) in [5.74, 6) is 1.43. The fourth-order valence-corrected chi connectivity index (χ4v) is 3.94. The maximum absolute atomic E-state index is 12.8. The van der Waals surface area contributed by atoms with E-state index in [4.69, 9.17) is 4.74 Å². The van der Waals surface area contributed by atoms with Gasteiger partial charge in [-0.15, -0.1) is 0 Å². The molecule has 7 heteroatoms. The van der Waals surface area contributed by atoms with Crippen LogP contribution in [0.5, 0.6) is 5.75 Å². The van der Waals surface area contributed by atoms with Gasteiger partial charge in [0.1, 0.15) is 12.4 Å². The van der Waals surface area contributed by atoms with Gasteiger partial charge in [-0.2, -0.15) is 5.10 Å². The Morgan fingerprint density at radius 1 is 1.07 bits per heavy atom. The number of hydrogen-bond donors (Lipinski definition) is 0. The third-order valence-corrected chi connectivity index (χ3v) is 5.60. The molecule has 4 rings (SSSR count). The molecule has 27 heavy (non-hydrogen) atoms. The first-order chi connectivity index (χ1) is 13.1. The average molecular weight is 371 g/mol. The Kier molecular flexibility index (Phi) is 5.31. The lowest BCUT2D eigenvalue weighted by atomic mass is 10.2. The highest BCUT2D eigenvalue weighted by molar-refractivity contribution is 5.48. The van der Waals surface area contributed by atoms with Gasteiger partial charge in [0, 0.05) is 38.8 Å². The van der Waals surface area contributed by atoms with E-state index >= 15 is 0 Å². The van der Waals surface area contributed by atoms with E-state index in [1.54, 1.807) is 9.25 Å². The summed E-state index contributed by atoms with van der Waals surface area (Å²) in [5.41, 5.74) is 0.726. The Morgan fingerprint density at radius 2 is 1.81 bits per heavy atom. The van der Waals surface area contributed by atoms with Crippen LogP contribution >= 0.6 is 0 Å². The highest BCUT2D eigenvalue weighted by Crippen LogP contribution is 2.26. The zero-order valence-corrected chi connectivity index (χ0v) is 16.3. The predicted molar refractivity (Wildman–Crippen MR) is 105 cm³/mol. The molecule has 1 aromatic carbocycles. The van der Waals surface area contributed by atoms with Crippen molar-refractivity contribution < 1.29 is 4.74 Å². The van der Waals surface area contributed by atoms with Crippen molar-refractivity contribution in [3.63, 3.8) is 0 Å². The first-order valence-electron chi connectivity index (χ1n) is 10.0. The van der Waals surface area contributed by atoms with E-state index in [0.717, 1.165) is 57.0 Å². The lowest BCUT2D eigenvalue weighted by Crippen LogP contribution is -2.48. The van der Waals surface area contributed by atoms with E-state index < -0.39 is 0 Å². The summed E-state index contributed by atoms with van der Waals surface area (Å²) >= 11 is 0. The number of rotatable bonds is 6. The number of fused-ring (bicyclic) bond motifs is 3. The standard InChI is InChI=1S/C20H29N5O2/c1-16(2)23-13-11-22(12-14-23)9-5-6-10-24-20(26)25-17-7-3-4-8-18(17)27-15-19(25)21-24/h3-4,7-8,16H,5-6,9-15H2,1-2H3. The second-order valence-corrected chi connectivity index (χ2v) is 7.69. The van der Waals surface area contributed by atoms with Crippen molar-refractivity contribution in [1.82, 2.24) is 24.1 Å². The Hall–Kier alpha value is -2.12. The summed E-state index contributed by atoms with van der Waals surface area (Å²) in [6.07, 6.45) is 2.05. The molecule has 0 bridgehead atoms. The number of piperazine rings is 1. The summed E-state index contributed by atoms with van der Waals surface area (Å²) in [5, 5.41) is 4.48. The molecule has 2 aromatic rings. The highest BCUT2D eigenvalue weighted by Gasteiger charge is 2.22. The SMILES string of the molecule is CC(C)N1CCN(CCCCn2nc3n(c2=O)-c2ccccc2OC3)CC1. The maximum Gasteiger partial charge on any atom is 0.350 e. The smallest absolute Gasteiger partial charge is 0.350 e. The molecular formula is C20H29N5O2. The third-order valence-electron chi connectivity index (χ3n) is 5.60. The van der Waals surface area contributed by atoms with Crippen molar-refractivity contribution in [3.05, 3.63) is 40.6 Å². The van der Waals surface area contributed by atoms with E-state index in [0.29, 0.717) is 25.0 Å². The van der Waals surface area contributed by atoms with Gasteiger partial charge in [-0.05, 0) is 45.4 Å². The zero-order chi connectivity index (χ0) is 18.8. The minimum atomic E-state index is -0.0636. The molecule has 2 aliphatic rings. The molecule has 0 atom stereocenters. The molecule has 1 saturated heterocycles. The molecule has 146 valence electrons.